The number of hydrogen-bond acceptors (Lipinski definition) is 3. The van der Waals surface area contributed by atoms with Gasteiger partial charge in [-0.05, 0) is 6.92 Å². The molecule has 1 aliphatic rings. The average molecular weight is 170 g/mol. The first-order valence-corrected chi connectivity index (χ1v) is 3.64. The van der Waals surface area contributed by atoms with E-state index in [0.717, 1.165) is 0 Å². The molecule has 0 aromatic heterocycles. The summed E-state index contributed by atoms with van der Waals surface area (Å²) in [6, 6.07) is -0.303. The van der Waals surface area contributed by atoms with Crippen LogP contribution in [0.15, 0.2) is 11.8 Å². The van der Waals surface area contributed by atoms with E-state index in [4.69, 9.17) is 4.74 Å². The Bertz CT molecular complexity index is 235. The van der Waals surface area contributed by atoms with Gasteiger partial charge in [0.15, 0.2) is 0 Å². The molecule has 0 aliphatic carbocycles. The van der Waals surface area contributed by atoms with Gasteiger partial charge in [-0.1, -0.05) is 0 Å². The fourth-order valence-electron chi connectivity index (χ4n) is 0.785. The number of urea groups is 1. The predicted molar refractivity (Wildman–Crippen MR) is 41.3 cm³/mol. The first-order chi connectivity index (χ1) is 5.74. The Morgan fingerprint density at radius 2 is 2.50 bits per heavy atom. The van der Waals surface area contributed by atoms with Crippen molar-refractivity contribution >= 4 is 12.0 Å². The molecule has 0 spiro atoms. The molecule has 0 aromatic carbocycles. The SMILES string of the molecule is CCOC(=O)C1=CNC(=O)NC1. The van der Waals surface area contributed by atoms with Crippen LogP contribution >= 0.6 is 0 Å². The Morgan fingerprint density at radius 1 is 1.75 bits per heavy atom. The molecule has 0 radical (unpaired) electrons. The molecule has 1 aliphatic heterocycles. The highest BCUT2D eigenvalue weighted by atomic mass is 16.5. The van der Waals surface area contributed by atoms with Crippen molar-refractivity contribution in [2.45, 2.75) is 6.92 Å². The van der Waals surface area contributed by atoms with E-state index >= 15 is 0 Å². The largest absolute Gasteiger partial charge is 0.463 e. The van der Waals surface area contributed by atoms with Gasteiger partial charge in [0.05, 0.1) is 18.7 Å². The van der Waals surface area contributed by atoms with Crippen molar-refractivity contribution in [2.75, 3.05) is 13.2 Å². The average Bonchev–Trinajstić information content (AvgIpc) is 2.06. The summed E-state index contributed by atoms with van der Waals surface area (Å²) in [5.41, 5.74) is 0.427. The van der Waals surface area contributed by atoms with Crippen molar-refractivity contribution in [1.29, 1.82) is 0 Å². The van der Waals surface area contributed by atoms with Crippen LogP contribution in [0, 0.1) is 0 Å². The normalized spacial score (nSPS) is 15.8. The van der Waals surface area contributed by atoms with Crippen molar-refractivity contribution in [2.24, 2.45) is 0 Å². The second kappa shape index (κ2) is 3.75. The molecule has 0 bridgehead atoms. The van der Waals surface area contributed by atoms with Crippen molar-refractivity contribution in [3.63, 3.8) is 0 Å². The molecule has 5 nitrogen and oxygen atoms in total. The van der Waals surface area contributed by atoms with E-state index in [-0.39, 0.29) is 12.6 Å². The minimum absolute atomic E-state index is 0.227. The van der Waals surface area contributed by atoms with E-state index in [0.29, 0.717) is 12.2 Å². The van der Waals surface area contributed by atoms with Crippen LogP contribution in [0.2, 0.25) is 0 Å². The molecule has 66 valence electrons. The van der Waals surface area contributed by atoms with E-state index in [1.165, 1.54) is 6.20 Å². The van der Waals surface area contributed by atoms with E-state index in [9.17, 15) is 9.59 Å². The third-order valence-corrected chi connectivity index (χ3v) is 1.35. The minimum Gasteiger partial charge on any atom is -0.463 e. The van der Waals surface area contributed by atoms with Gasteiger partial charge in [-0.25, -0.2) is 9.59 Å². The minimum atomic E-state index is -0.398. The highest BCUT2D eigenvalue weighted by Crippen LogP contribution is 1.98. The lowest BCUT2D eigenvalue weighted by Gasteiger charge is -2.13. The van der Waals surface area contributed by atoms with E-state index in [2.05, 4.69) is 10.6 Å². The van der Waals surface area contributed by atoms with Gasteiger partial charge in [0.2, 0.25) is 0 Å². The van der Waals surface area contributed by atoms with Crippen LogP contribution in [0.3, 0.4) is 0 Å². The van der Waals surface area contributed by atoms with Crippen LogP contribution in [0.5, 0.6) is 0 Å². The number of hydrogen-bond donors (Lipinski definition) is 2. The van der Waals surface area contributed by atoms with Crippen LogP contribution in [0.4, 0.5) is 4.79 Å². The Balaban J connectivity index is 2.52. The molecule has 2 N–H and O–H groups in total. The van der Waals surface area contributed by atoms with Gasteiger partial charge in [0.1, 0.15) is 0 Å². The highest BCUT2D eigenvalue weighted by molar-refractivity contribution is 5.92. The van der Waals surface area contributed by atoms with Crippen molar-refractivity contribution in [1.82, 2.24) is 10.6 Å². The lowest BCUT2D eigenvalue weighted by Crippen LogP contribution is -2.40. The summed E-state index contributed by atoms with van der Waals surface area (Å²) in [4.78, 5) is 21.6. The first-order valence-electron chi connectivity index (χ1n) is 3.64. The number of carbonyl (C=O) groups is 2. The Morgan fingerprint density at radius 3 is 3.00 bits per heavy atom. The predicted octanol–water partition coefficient (Wildman–Crippen LogP) is -0.254. The van der Waals surface area contributed by atoms with Gasteiger partial charge in [0.25, 0.3) is 0 Å². The Hall–Kier alpha value is -1.52. The molecule has 0 atom stereocenters. The van der Waals surface area contributed by atoms with E-state index in [1.807, 2.05) is 0 Å². The van der Waals surface area contributed by atoms with Gasteiger partial charge in [-0.15, -0.1) is 0 Å². The molecule has 2 amide bonds. The summed E-state index contributed by atoms with van der Waals surface area (Å²) in [5.74, 6) is -0.398. The third kappa shape index (κ3) is 1.98. The zero-order valence-electron chi connectivity index (χ0n) is 6.72. The number of rotatable bonds is 2. The van der Waals surface area contributed by atoms with Gasteiger partial charge in [-0.3, -0.25) is 0 Å². The first kappa shape index (κ1) is 8.58. The third-order valence-electron chi connectivity index (χ3n) is 1.35. The highest BCUT2D eigenvalue weighted by Gasteiger charge is 2.15. The fourth-order valence-corrected chi connectivity index (χ4v) is 0.785. The zero-order valence-corrected chi connectivity index (χ0v) is 6.72. The van der Waals surface area contributed by atoms with Crippen LogP contribution in [-0.4, -0.2) is 25.2 Å². The second-order valence-corrected chi connectivity index (χ2v) is 2.22. The number of carbonyl (C=O) groups excluding carboxylic acids is 2. The molecule has 0 unspecified atom stereocenters. The molecule has 12 heavy (non-hydrogen) atoms. The molecular weight excluding hydrogens is 160 g/mol. The number of esters is 1. The maximum atomic E-state index is 11.0. The molecule has 1 rings (SSSR count). The Labute approximate surface area is 69.8 Å². The number of nitrogens with one attached hydrogen (secondary N) is 2. The van der Waals surface area contributed by atoms with Gasteiger partial charge >= 0.3 is 12.0 Å². The van der Waals surface area contributed by atoms with Crippen LogP contribution in [-0.2, 0) is 9.53 Å². The monoisotopic (exact) mass is 170 g/mol. The molecule has 1 heterocycles. The summed E-state index contributed by atoms with van der Waals surface area (Å²) in [6.07, 6.45) is 1.36. The van der Waals surface area contributed by atoms with Crippen LogP contribution in [0.25, 0.3) is 0 Å². The molecular formula is C7H10N2O3. The quantitative estimate of drug-likeness (QED) is 0.561. The van der Waals surface area contributed by atoms with Crippen molar-refractivity contribution in [3.8, 4) is 0 Å². The number of amides is 2. The van der Waals surface area contributed by atoms with Gasteiger partial charge in [-0.2, -0.15) is 0 Å². The zero-order chi connectivity index (χ0) is 8.97. The van der Waals surface area contributed by atoms with Gasteiger partial charge in [0, 0.05) is 6.20 Å². The fraction of sp³-hybridized carbons (Fsp3) is 0.429. The molecule has 0 saturated heterocycles. The maximum Gasteiger partial charge on any atom is 0.337 e. The summed E-state index contributed by atoms with van der Waals surface area (Å²) < 4.78 is 4.72. The number of ether oxygens (including phenoxy) is 1. The van der Waals surface area contributed by atoms with E-state index < -0.39 is 5.97 Å². The lowest BCUT2D eigenvalue weighted by atomic mass is 10.2. The lowest BCUT2D eigenvalue weighted by molar-refractivity contribution is -0.138. The maximum absolute atomic E-state index is 11.0. The molecule has 5 heteroatoms. The molecule has 0 aromatic rings. The van der Waals surface area contributed by atoms with Crippen LogP contribution < -0.4 is 10.6 Å². The standard InChI is InChI=1S/C7H10N2O3/c1-2-12-6(10)5-3-8-7(11)9-4-5/h3H,2,4H2,1H3,(H2,8,9,11). The Kier molecular flexibility index (Phi) is 2.68. The summed E-state index contributed by atoms with van der Waals surface area (Å²) >= 11 is 0. The van der Waals surface area contributed by atoms with E-state index in [1.54, 1.807) is 6.92 Å². The van der Waals surface area contributed by atoms with Crippen LogP contribution in [0.1, 0.15) is 6.92 Å². The summed E-state index contributed by atoms with van der Waals surface area (Å²) in [5, 5.41) is 4.81. The van der Waals surface area contributed by atoms with Crippen molar-refractivity contribution < 1.29 is 14.3 Å². The van der Waals surface area contributed by atoms with Gasteiger partial charge < -0.3 is 15.4 Å². The summed E-state index contributed by atoms with van der Waals surface area (Å²) in [6.45, 7) is 2.29. The molecule has 0 saturated carbocycles. The topological polar surface area (TPSA) is 67.4 Å². The second-order valence-electron chi connectivity index (χ2n) is 2.22. The molecule has 0 fully saturated rings. The van der Waals surface area contributed by atoms with Crippen molar-refractivity contribution in [3.05, 3.63) is 11.8 Å². The summed E-state index contributed by atoms with van der Waals surface area (Å²) in [7, 11) is 0. The smallest absolute Gasteiger partial charge is 0.337 e.